The van der Waals surface area contributed by atoms with Crippen molar-refractivity contribution in [2.75, 3.05) is 9.13 Å². The van der Waals surface area contributed by atoms with Crippen LogP contribution in [-0.4, -0.2) is 50.9 Å². The Hall–Kier alpha value is -5.83. The first-order valence-corrected chi connectivity index (χ1v) is 25.6. The zero-order valence-electron chi connectivity index (χ0n) is 40.1. The van der Waals surface area contributed by atoms with Crippen LogP contribution in [0.3, 0.4) is 0 Å². The lowest BCUT2D eigenvalue weighted by molar-refractivity contribution is 0.561. The van der Waals surface area contributed by atoms with Gasteiger partial charge >= 0.3 is 0 Å². The Kier molecular flexibility index (Phi) is 13.5. The molecule has 4 nitrogen and oxygen atoms in total. The van der Waals surface area contributed by atoms with Crippen LogP contribution in [0, 0.1) is 0 Å². The molecular formula is C58H66N4Si2. The lowest BCUT2D eigenvalue weighted by Gasteiger charge is -2.46. The molecule has 0 aliphatic heterocycles. The van der Waals surface area contributed by atoms with Gasteiger partial charge in [0.2, 0.25) is 0 Å². The van der Waals surface area contributed by atoms with E-state index in [9.17, 15) is 0 Å². The first kappa shape index (κ1) is 46.2. The molecule has 0 radical (unpaired) electrons. The van der Waals surface area contributed by atoms with Crippen LogP contribution >= 0.6 is 0 Å². The molecule has 7 rings (SSSR count). The lowest BCUT2D eigenvalue weighted by atomic mass is 10.1. The molecule has 64 heavy (non-hydrogen) atoms. The Labute approximate surface area is 387 Å². The molecule has 0 bridgehead atoms. The minimum atomic E-state index is -2.05. The second-order valence-electron chi connectivity index (χ2n) is 20.6. The van der Waals surface area contributed by atoms with Crippen molar-refractivity contribution in [3.8, 4) is 43.0 Å². The molecule has 7 aromatic rings. The Balaban J connectivity index is 1.90. The third-order valence-corrected chi connectivity index (χ3v) is 18.1. The molecule has 0 amide bonds. The third kappa shape index (κ3) is 10.4. The summed E-state index contributed by atoms with van der Waals surface area (Å²) in [5.74, 6) is 2.03. The fourth-order valence-corrected chi connectivity index (χ4v) is 16.8. The van der Waals surface area contributed by atoms with Crippen LogP contribution in [0.5, 0.6) is 0 Å². The first-order chi connectivity index (χ1) is 30.3. The van der Waals surface area contributed by atoms with Gasteiger partial charge in [-0.1, -0.05) is 182 Å². The number of hydrogen-bond donors (Lipinski definition) is 0. The number of benzene rings is 6. The predicted molar refractivity (Wildman–Crippen MR) is 281 cm³/mol. The fourth-order valence-electron chi connectivity index (χ4n) is 8.53. The molecule has 6 heteroatoms. The largest absolute Gasteiger partial charge is 0.354 e. The van der Waals surface area contributed by atoms with Crippen LogP contribution in [0.4, 0.5) is 0 Å². The van der Waals surface area contributed by atoms with Crippen molar-refractivity contribution in [3.63, 3.8) is 0 Å². The molecule has 0 saturated carbocycles. The first-order valence-electron chi connectivity index (χ1n) is 22.7. The van der Waals surface area contributed by atoms with E-state index in [-0.39, 0.29) is 22.2 Å². The van der Waals surface area contributed by atoms with Crippen LogP contribution in [-0.2, 0) is 0 Å². The highest BCUT2D eigenvalue weighted by atomic mass is 28.2. The Morgan fingerprint density at radius 1 is 0.312 bits per heavy atom. The van der Waals surface area contributed by atoms with Crippen molar-refractivity contribution >= 4 is 28.8 Å². The van der Waals surface area contributed by atoms with Gasteiger partial charge in [0.1, 0.15) is 11.7 Å². The maximum Gasteiger partial charge on any atom is 0.177 e. The molecule has 0 atom stereocenters. The van der Waals surface area contributed by atoms with Gasteiger partial charge in [0.15, 0.2) is 17.1 Å². The van der Waals surface area contributed by atoms with Gasteiger partial charge in [-0.05, 0) is 126 Å². The number of rotatable bonds is 8. The molecular weight excluding hydrogens is 809 g/mol. The van der Waals surface area contributed by atoms with Crippen LogP contribution < -0.4 is 9.13 Å². The van der Waals surface area contributed by atoms with E-state index < -0.39 is 17.1 Å². The monoisotopic (exact) mass is 874 g/mol. The summed E-state index contributed by atoms with van der Waals surface area (Å²) in [5, 5.41) is 5.53. The molecule has 326 valence electrons. The molecule has 0 aliphatic rings. The maximum absolute atomic E-state index is 5.78. The molecule has 0 unspecified atom stereocenters. The van der Waals surface area contributed by atoms with E-state index in [1.54, 1.807) is 0 Å². The highest BCUT2D eigenvalue weighted by Crippen LogP contribution is 2.45. The predicted octanol–water partition coefficient (Wildman–Crippen LogP) is 14.4. The van der Waals surface area contributed by atoms with Gasteiger partial charge in [-0.3, -0.25) is 9.98 Å². The molecule has 1 aromatic heterocycles. The molecule has 0 saturated heterocycles. The van der Waals surface area contributed by atoms with Crippen LogP contribution in [0.25, 0.3) is 43.0 Å². The summed E-state index contributed by atoms with van der Waals surface area (Å²) in [5.41, 5.74) is 5.68. The second kappa shape index (κ2) is 18.7. The highest BCUT2D eigenvalue weighted by Gasteiger charge is 2.42. The van der Waals surface area contributed by atoms with Crippen molar-refractivity contribution in [1.82, 2.24) is 0 Å². The summed E-state index contributed by atoms with van der Waals surface area (Å²) >= 11 is 0. The van der Waals surface area contributed by atoms with E-state index in [1.807, 2.05) is 0 Å². The fraction of sp³-hybridized carbons (Fsp3) is 0.276. The number of aliphatic imine (C=N–C) groups is 2. The van der Waals surface area contributed by atoms with E-state index in [0.29, 0.717) is 0 Å². The average molecular weight is 875 g/mol. The van der Waals surface area contributed by atoms with Crippen molar-refractivity contribution in [3.05, 3.63) is 193 Å². The van der Waals surface area contributed by atoms with E-state index >= 15 is 0 Å². The van der Waals surface area contributed by atoms with E-state index in [2.05, 4.69) is 274 Å². The van der Waals surface area contributed by atoms with Gasteiger partial charge in [0.05, 0.1) is 11.1 Å². The van der Waals surface area contributed by atoms with Gasteiger partial charge in [0, 0.05) is 22.2 Å². The molecule has 0 spiro atoms. The Morgan fingerprint density at radius 2 is 0.516 bits per heavy atom. The van der Waals surface area contributed by atoms with Gasteiger partial charge in [0.25, 0.3) is 0 Å². The van der Waals surface area contributed by atoms with Crippen molar-refractivity contribution in [2.24, 2.45) is 9.98 Å². The SMILES string of the molecule is CC(C)(C)N=C(c1ccccc1)N([si]1c(-c2ccccc2)c(-c2ccccc2)[si](N(C(=NC(C)(C)C)c2ccccc2)C(C)(C)C)c(-c2ccccc2)c1-c1ccccc1)C(C)(C)C. The minimum absolute atomic E-state index is 0.366. The van der Waals surface area contributed by atoms with Gasteiger partial charge in [-0.25, -0.2) is 0 Å². The van der Waals surface area contributed by atoms with Crippen LogP contribution in [0.2, 0.25) is 0 Å². The molecule has 0 aliphatic carbocycles. The minimum Gasteiger partial charge on any atom is -0.354 e. The summed E-state index contributed by atoms with van der Waals surface area (Å²) in [6.45, 7) is 27.6. The zero-order chi connectivity index (χ0) is 45.9. The quantitative estimate of drug-likeness (QED) is 0.0865. The normalized spacial score (nSPS) is 12.9. The average Bonchev–Trinajstić information content (AvgIpc) is 3.26. The Bertz CT molecular complexity index is 2410. The number of nitrogens with zero attached hydrogens (tertiary/aromatic N) is 4. The van der Waals surface area contributed by atoms with Crippen LogP contribution in [0.15, 0.2) is 192 Å². The zero-order valence-corrected chi connectivity index (χ0v) is 42.1. The van der Waals surface area contributed by atoms with Gasteiger partial charge in [-0.2, -0.15) is 0 Å². The summed E-state index contributed by atoms with van der Waals surface area (Å²) in [7, 11) is -4.09. The molecule has 0 N–H and O–H groups in total. The summed E-state index contributed by atoms with van der Waals surface area (Å²) in [6.07, 6.45) is 0. The van der Waals surface area contributed by atoms with Crippen LogP contribution in [0.1, 0.15) is 94.2 Å². The maximum atomic E-state index is 5.78. The third-order valence-electron chi connectivity index (χ3n) is 10.9. The van der Waals surface area contributed by atoms with E-state index in [1.165, 1.54) is 43.0 Å². The van der Waals surface area contributed by atoms with Crippen molar-refractivity contribution in [1.29, 1.82) is 0 Å². The second-order valence-corrected chi connectivity index (χ2v) is 24.9. The number of hydrogen-bond acceptors (Lipinski definition) is 2. The summed E-state index contributed by atoms with van der Waals surface area (Å²) in [4.78, 5) is 11.6. The summed E-state index contributed by atoms with van der Waals surface area (Å²) in [6, 6.07) is 67.0. The molecule has 1 heterocycles. The van der Waals surface area contributed by atoms with E-state index in [4.69, 9.17) is 9.98 Å². The standard InChI is InChI=1S/C58H66N4Si2/c1-55(2,3)59-53(47-39-27-17-28-40-47)61(57(7,8)9)63-49(43-31-19-13-20-32-43)51(45-35-23-15-24-36-45)64(52(46-37-25-16-26-38-46)50(63)44-33-21-14-22-34-44)62(58(10,11)12)54(60-56(4,5)6)48-41-29-18-30-42-48/h13-42H,1-12H3. The molecule has 0 fully saturated rings. The summed E-state index contributed by atoms with van der Waals surface area (Å²) < 4.78 is 5.52. The van der Waals surface area contributed by atoms with Gasteiger partial charge in [-0.15, -0.1) is 0 Å². The highest BCUT2D eigenvalue weighted by molar-refractivity contribution is 6.86. The Morgan fingerprint density at radius 3 is 0.703 bits per heavy atom. The van der Waals surface area contributed by atoms with E-state index in [0.717, 1.165) is 22.8 Å². The van der Waals surface area contributed by atoms with Crippen molar-refractivity contribution < 1.29 is 0 Å². The lowest BCUT2D eigenvalue weighted by Crippen LogP contribution is -2.58. The van der Waals surface area contributed by atoms with Crippen molar-refractivity contribution in [2.45, 2.75) is 105 Å². The smallest absolute Gasteiger partial charge is 0.177 e. The topological polar surface area (TPSA) is 31.2 Å². The van der Waals surface area contributed by atoms with Gasteiger partial charge < -0.3 is 9.13 Å². The number of amidine groups is 2. The molecule has 6 aromatic carbocycles.